The van der Waals surface area contributed by atoms with Gasteiger partial charge >= 0.3 is 5.97 Å². The maximum absolute atomic E-state index is 14.9. The van der Waals surface area contributed by atoms with Crippen molar-refractivity contribution in [2.24, 2.45) is 12.5 Å². The molecule has 14 heteroatoms. The van der Waals surface area contributed by atoms with Crippen LogP contribution in [0.5, 0.6) is 11.8 Å². The minimum Gasteiger partial charge on any atom is -0.476 e. The zero-order valence-electron chi connectivity index (χ0n) is 35.7. The molecule has 3 aliphatic heterocycles. The van der Waals surface area contributed by atoms with Crippen molar-refractivity contribution < 1.29 is 32.2 Å². The van der Waals surface area contributed by atoms with E-state index in [9.17, 15) is 13.2 Å². The summed E-state index contributed by atoms with van der Waals surface area (Å²) in [5.74, 6) is -0.379. The number of fused-ring (bicyclic) bond motifs is 2. The van der Waals surface area contributed by atoms with Crippen LogP contribution in [0.2, 0.25) is 0 Å². The number of aryl methyl sites for hydroxylation is 4. The molecule has 2 saturated heterocycles. The molecule has 0 amide bonds. The van der Waals surface area contributed by atoms with Crippen molar-refractivity contribution in [2.45, 2.75) is 116 Å². The molecule has 1 atom stereocenters. The van der Waals surface area contributed by atoms with Crippen LogP contribution in [-0.4, -0.2) is 101 Å². The summed E-state index contributed by atoms with van der Waals surface area (Å²) in [6, 6.07) is 11.8. The Hall–Kier alpha value is -4.11. The van der Waals surface area contributed by atoms with E-state index in [1.165, 1.54) is 23.6 Å². The molecule has 0 aliphatic carbocycles. The average Bonchev–Trinajstić information content (AvgIpc) is 3.43. The van der Waals surface area contributed by atoms with Gasteiger partial charge in [0.05, 0.1) is 30.9 Å². The Kier molecular flexibility index (Phi) is 11.7. The van der Waals surface area contributed by atoms with Crippen LogP contribution in [0.1, 0.15) is 106 Å². The molecule has 3 aliphatic rings. The Bertz CT molecular complexity index is 2270. The molecule has 314 valence electrons. The number of rotatable bonds is 10. The summed E-state index contributed by atoms with van der Waals surface area (Å²) in [6.45, 7) is 19.6. The summed E-state index contributed by atoms with van der Waals surface area (Å²) in [7, 11) is -2.18. The van der Waals surface area contributed by atoms with Gasteiger partial charge in [0.2, 0.25) is 21.8 Å². The highest BCUT2D eigenvalue weighted by Crippen LogP contribution is 2.45. The van der Waals surface area contributed by atoms with E-state index in [-0.39, 0.29) is 29.8 Å². The van der Waals surface area contributed by atoms with Gasteiger partial charge in [-0.1, -0.05) is 24.6 Å². The molecule has 1 spiro atoms. The number of esters is 1. The van der Waals surface area contributed by atoms with Gasteiger partial charge in [0, 0.05) is 55.5 Å². The number of sulfonamides is 1. The SMILES string of the molecule is Cc1cc2cc(C(c3ccc(C)c(CN4CC5(CCOCC5)Oc5nc(OCCN6CCCCC6)c(C)cc5S4(=O)=O)c3)C(C)(C)C(=O)OC(C)(C)C)n(C)c2nn1. The molecule has 1 aromatic carbocycles. The van der Waals surface area contributed by atoms with E-state index in [4.69, 9.17) is 23.9 Å². The number of piperidine rings is 1. The van der Waals surface area contributed by atoms with Crippen LogP contribution in [0.25, 0.3) is 11.0 Å². The zero-order chi connectivity index (χ0) is 41.6. The standard InChI is InChI=1S/C44H60N6O7S/c1-29-13-14-32(37(43(7,8)41(51)57-42(4,5)6)35-26-33-24-31(3)46-47-38(33)48(35)9)25-34(29)27-50-28-44(15-20-54-21-16-44)56-40-36(58(50,52)53)23-30(2)39(45-40)55-22-19-49-17-11-10-12-18-49/h13-14,23-26,37H,10-12,15-22,27-28H2,1-9H3. The molecule has 13 nitrogen and oxygen atoms in total. The number of hydrogen-bond donors (Lipinski definition) is 0. The molecular formula is C44H60N6O7S. The molecule has 6 heterocycles. The van der Waals surface area contributed by atoms with Crippen molar-refractivity contribution in [1.29, 1.82) is 0 Å². The van der Waals surface area contributed by atoms with Gasteiger partial charge in [-0.25, -0.2) is 8.42 Å². The Morgan fingerprint density at radius 3 is 2.38 bits per heavy atom. The van der Waals surface area contributed by atoms with Crippen molar-refractivity contribution in [1.82, 2.24) is 29.0 Å². The molecule has 0 N–H and O–H groups in total. The zero-order valence-corrected chi connectivity index (χ0v) is 36.5. The Morgan fingerprint density at radius 1 is 0.948 bits per heavy atom. The van der Waals surface area contributed by atoms with E-state index in [2.05, 4.69) is 21.2 Å². The third-order valence-electron chi connectivity index (χ3n) is 11.9. The first kappa shape index (κ1) is 42.0. The lowest BCUT2D eigenvalue weighted by molar-refractivity contribution is -0.166. The summed E-state index contributed by atoms with van der Waals surface area (Å²) < 4.78 is 58.0. The van der Waals surface area contributed by atoms with Gasteiger partial charge in [0.1, 0.15) is 22.7 Å². The quantitative estimate of drug-likeness (QED) is 0.157. The fourth-order valence-corrected chi connectivity index (χ4v) is 10.2. The first-order valence-electron chi connectivity index (χ1n) is 20.6. The first-order chi connectivity index (χ1) is 27.4. The Morgan fingerprint density at radius 2 is 1.67 bits per heavy atom. The van der Waals surface area contributed by atoms with Crippen LogP contribution in [-0.2, 0) is 37.9 Å². The smallest absolute Gasteiger partial charge is 0.313 e. The second-order valence-corrected chi connectivity index (χ2v) is 20.0. The molecular weight excluding hydrogens is 757 g/mol. The van der Waals surface area contributed by atoms with Gasteiger partial charge in [-0.15, -0.1) is 5.10 Å². The predicted octanol–water partition coefficient (Wildman–Crippen LogP) is 6.79. The molecule has 0 radical (unpaired) electrons. The van der Waals surface area contributed by atoms with Crippen LogP contribution in [0.15, 0.2) is 41.3 Å². The average molecular weight is 817 g/mol. The van der Waals surface area contributed by atoms with Gasteiger partial charge in [-0.2, -0.15) is 14.4 Å². The number of benzene rings is 1. The summed E-state index contributed by atoms with van der Waals surface area (Å²) in [5.41, 5.74) is 2.97. The van der Waals surface area contributed by atoms with Crippen molar-refractivity contribution in [2.75, 3.05) is 46.0 Å². The van der Waals surface area contributed by atoms with E-state index >= 15 is 0 Å². The molecule has 0 bridgehead atoms. The normalized spacial score (nSPS) is 19.3. The largest absolute Gasteiger partial charge is 0.476 e. The Balaban J connectivity index is 1.27. The molecule has 1 unspecified atom stereocenters. The number of nitrogens with zero attached hydrogens (tertiary/aromatic N) is 6. The van der Waals surface area contributed by atoms with Gasteiger partial charge in [-0.05, 0) is 116 Å². The van der Waals surface area contributed by atoms with Gasteiger partial charge < -0.3 is 23.5 Å². The molecule has 2 fully saturated rings. The summed E-state index contributed by atoms with van der Waals surface area (Å²) >= 11 is 0. The van der Waals surface area contributed by atoms with Crippen molar-refractivity contribution in [3.63, 3.8) is 0 Å². The number of ether oxygens (including phenoxy) is 4. The fraction of sp³-hybridized carbons (Fsp3) is 0.591. The molecule has 58 heavy (non-hydrogen) atoms. The number of carbonyl (C=O) groups excluding carboxylic acids is 1. The highest BCUT2D eigenvalue weighted by atomic mass is 32.2. The van der Waals surface area contributed by atoms with Gasteiger partial charge in [-0.3, -0.25) is 9.69 Å². The third-order valence-corrected chi connectivity index (χ3v) is 13.7. The highest BCUT2D eigenvalue weighted by molar-refractivity contribution is 7.89. The molecule has 7 rings (SSSR count). The first-order valence-corrected chi connectivity index (χ1v) is 22.1. The number of likely N-dealkylation sites (tertiary alicyclic amines) is 1. The van der Waals surface area contributed by atoms with Crippen LogP contribution in [0.4, 0.5) is 0 Å². The topological polar surface area (TPSA) is 138 Å². The summed E-state index contributed by atoms with van der Waals surface area (Å²) in [4.78, 5) is 21.3. The summed E-state index contributed by atoms with van der Waals surface area (Å²) in [5, 5.41) is 9.71. The van der Waals surface area contributed by atoms with Crippen LogP contribution >= 0.6 is 0 Å². The van der Waals surface area contributed by atoms with Crippen molar-refractivity contribution in [3.05, 3.63) is 70.0 Å². The van der Waals surface area contributed by atoms with E-state index in [1.54, 1.807) is 6.07 Å². The molecule has 0 saturated carbocycles. The Labute approximate surface area is 343 Å². The third kappa shape index (κ3) is 8.62. The lowest BCUT2D eigenvalue weighted by atomic mass is 9.72. The minimum absolute atomic E-state index is 0.0291. The van der Waals surface area contributed by atoms with E-state index in [0.717, 1.165) is 53.1 Å². The molecule has 4 aromatic rings. The van der Waals surface area contributed by atoms with Crippen molar-refractivity contribution in [3.8, 4) is 11.8 Å². The molecule has 3 aromatic heterocycles. The lowest BCUT2D eigenvalue weighted by Gasteiger charge is -2.38. The monoisotopic (exact) mass is 816 g/mol. The number of hydrogen-bond acceptors (Lipinski definition) is 11. The second kappa shape index (κ2) is 16.2. The number of pyridine rings is 1. The highest BCUT2D eigenvalue weighted by Gasteiger charge is 2.47. The predicted molar refractivity (Wildman–Crippen MR) is 222 cm³/mol. The van der Waals surface area contributed by atoms with Crippen molar-refractivity contribution >= 4 is 27.0 Å². The number of aromatic nitrogens is 4. The maximum Gasteiger partial charge on any atom is 0.313 e. The second-order valence-electron chi connectivity index (χ2n) is 18.1. The fourth-order valence-electron chi connectivity index (χ4n) is 8.58. The lowest BCUT2D eigenvalue weighted by Crippen LogP contribution is -2.50. The maximum atomic E-state index is 14.9. The summed E-state index contributed by atoms with van der Waals surface area (Å²) in [6.07, 6.45) is 4.66. The minimum atomic E-state index is -4.11. The van der Waals surface area contributed by atoms with E-state index < -0.39 is 32.6 Å². The van der Waals surface area contributed by atoms with Gasteiger partial charge in [0.25, 0.3) is 0 Å². The van der Waals surface area contributed by atoms with E-state index in [0.29, 0.717) is 49.8 Å². The number of carbonyl (C=O) groups is 1. The van der Waals surface area contributed by atoms with Crippen LogP contribution in [0.3, 0.4) is 0 Å². The van der Waals surface area contributed by atoms with Crippen LogP contribution < -0.4 is 9.47 Å². The van der Waals surface area contributed by atoms with Crippen LogP contribution in [0, 0.1) is 26.2 Å². The van der Waals surface area contributed by atoms with E-state index in [1.807, 2.05) is 91.3 Å². The van der Waals surface area contributed by atoms with Gasteiger partial charge in [0.15, 0.2) is 5.65 Å².